The van der Waals surface area contributed by atoms with Gasteiger partial charge in [0.2, 0.25) is 5.89 Å². The van der Waals surface area contributed by atoms with Gasteiger partial charge in [-0.15, -0.1) is 10.2 Å². The Morgan fingerprint density at radius 2 is 1.75 bits per heavy atom. The summed E-state index contributed by atoms with van der Waals surface area (Å²) in [5.74, 6) is 4.42. The lowest BCUT2D eigenvalue weighted by Gasteiger charge is -2.26. The zero-order valence-electron chi connectivity index (χ0n) is 18.5. The predicted octanol–water partition coefficient (Wildman–Crippen LogP) is 5.31. The molecule has 0 amide bonds. The van der Waals surface area contributed by atoms with Crippen LogP contribution in [0, 0.1) is 6.92 Å². The molecule has 3 aliphatic rings. The minimum Gasteiger partial charge on any atom is -0.340 e. The summed E-state index contributed by atoms with van der Waals surface area (Å²) >= 11 is 6.42. The molecule has 8 heteroatoms. The fourth-order valence-electron chi connectivity index (χ4n) is 5.93. The largest absolute Gasteiger partial charge is 0.340 e. The van der Waals surface area contributed by atoms with E-state index >= 15 is 0 Å². The van der Waals surface area contributed by atoms with E-state index in [9.17, 15) is 0 Å². The Hall–Kier alpha value is -2.25. The first kappa shape index (κ1) is 20.4. The first-order valence-corrected chi connectivity index (χ1v) is 12.3. The number of halogens is 1. The fraction of sp³-hybridized carbons (Fsp3) is 0.583. The fourth-order valence-corrected chi connectivity index (χ4v) is 6.13. The van der Waals surface area contributed by atoms with Crippen molar-refractivity contribution < 1.29 is 4.52 Å². The molecule has 3 aromatic rings. The highest BCUT2D eigenvalue weighted by molar-refractivity contribution is 6.30. The summed E-state index contributed by atoms with van der Waals surface area (Å²) in [5.41, 5.74) is 2.47. The highest BCUT2D eigenvalue weighted by Gasteiger charge is 2.34. The second-order valence-corrected chi connectivity index (χ2v) is 10.1. The zero-order chi connectivity index (χ0) is 21.7. The zero-order valence-corrected chi connectivity index (χ0v) is 19.3. The summed E-state index contributed by atoms with van der Waals surface area (Å²) in [4.78, 5) is 7.05. The quantitative estimate of drug-likeness (QED) is 0.536. The van der Waals surface area contributed by atoms with Crippen molar-refractivity contribution in [2.45, 2.75) is 89.3 Å². The monoisotopic (exact) mass is 452 g/mol. The summed E-state index contributed by atoms with van der Waals surface area (Å²) in [6, 6.07) is 6.91. The van der Waals surface area contributed by atoms with Gasteiger partial charge in [0.1, 0.15) is 5.82 Å². The molecule has 0 spiro atoms. The lowest BCUT2D eigenvalue weighted by atomic mass is 9.81. The number of nitrogens with zero attached hydrogens (tertiary/aromatic N) is 6. The van der Waals surface area contributed by atoms with Gasteiger partial charge in [-0.25, -0.2) is 0 Å². The van der Waals surface area contributed by atoms with Crippen LogP contribution >= 0.6 is 11.6 Å². The second-order valence-electron chi connectivity index (χ2n) is 9.65. The van der Waals surface area contributed by atoms with E-state index in [-0.39, 0.29) is 0 Å². The van der Waals surface area contributed by atoms with Crippen LogP contribution in [0.5, 0.6) is 0 Å². The van der Waals surface area contributed by atoms with Gasteiger partial charge in [-0.05, 0) is 62.3 Å². The number of aryl methyl sites for hydroxylation is 1. The molecule has 2 aromatic heterocycles. The third kappa shape index (κ3) is 3.65. The van der Waals surface area contributed by atoms with Crippen LogP contribution in [-0.2, 0) is 13.1 Å². The molecule has 1 aromatic carbocycles. The van der Waals surface area contributed by atoms with Gasteiger partial charge < -0.3 is 4.52 Å². The van der Waals surface area contributed by atoms with Crippen LogP contribution in [-0.4, -0.2) is 35.8 Å². The molecular weight excluding hydrogens is 424 g/mol. The van der Waals surface area contributed by atoms with E-state index < -0.39 is 0 Å². The molecule has 2 fully saturated rings. The Morgan fingerprint density at radius 3 is 2.50 bits per heavy atom. The number of fused-ring (bicyclic) bond motifs is 3. The molecule has 3 heterocycles. The van der Waals surface area contributed by atoms with Gasteiger partial charge in [0.25, 0.3) is 0 Å². The third-order valence-corrected chi connectivity index (χ3v) is 7.83. The molecule has 0 unspecified atom stereocenters. The van der Waals surface area contributed by atoms with E-state index in [2.05, 4.69) is 31.7 Å². The Bertz CT molecular complexity index is 1110. The molecular formula is C24H29ClN6O. The van der Waals surface area contributed by atoms with Crippen LogP contribution in [0.2, 0.25) is 5.02 Å². The number of benzene rings is 1. The summed E-state index contributed by atoms with van der Waals surface area (Å²) in [7, 11) is 0. The summed E-state index contributed by atoms with van der Waals surface area (Å²) in [6.07, 6.45) is 9.42. The third-order valence-electron chi connectivity index (χ3n) is 7.60. The highest BCUT2D eigenvalue weighted by atomic mass is 35.5. The van der Waals surface area contributed by atoms with E-state index in [1.807, 2.05) is 13.0 Å². The van der Waals surface area contributed by atoms with Gasteiger partial charge >= 0.3 is 0 Å². The van der Waals surface area contributed by atoms with E-state index in [1.165, 1.54) is 36.9 Å². The number of aromatic nitrogens is 5. The predicted molar refractivity (Wildman–Crippen MR) is 121 cm³/mol. The lowest BCUT2D eigenvalue weighted by Crippen LogP contribution is -2.31. The van der Waals surface area contributed by atoms with E-state index in [0.29, 0.717) is 23.8 Å². The first-order valence-electron chi connectivity index (χ1n) is 11.9. The van der Waals surface area contributed by atoms with Gasteiger partial charge in [-0.1, -0.05) is 29.6 Å². The smallest absolute Gasteiger partial charge is 0.223 e. The second kappa shape index (κ2) is 8.27. The average molecular weight is 453 g/mol. The van der Waals surface area contributed by atoms with Crippen molar-refractivity contribution >= 4 is 11.6 Å². The van der Waals surface area contributed by atoms with Gasteiger partial charge in [-0.3, -0.25) is 9.47 Å². The van der Waals surface area contributed by atoms with Crippen LogP contribution in [0.25, 0.3) is 5.69 Å². The van der Waals surface area contributed by atoms with E-state index in [0.717, 1.165) is 61.3 Å². The van der Waals surface area contributed by atoms with Crippen molar-refractivity contribution in [3.05, 3.63) is 52.1 Å². The van der Waals surface area contributed by atoms with Crippen LogP contribution in [0.4, 0.5) is 0 Å². The van der Waals surface area contributed by atoms with Gasteiger partial charge in [0, 0.05) is 36.4 Å². The first-order chi connectivity index (χ1) is 15.7. The van der Waals surface area contributed by atoms with E-state index in [4.69, 9.17) is 26.3 Å². The summed E-state index contributed by atoms with van der Waals surface area (Å²) < 4.78 is 7.54. The van der Waals surface area contributed by atoms with Crippen molar-refractivity contribution in [1.29, 1.82) is 0 Å². The SMILES string of the molecule is Cc1nc([C@H]2CC[C@H](c3nnc4n3-c3ccc(Cl)cc3CN(C3CCCC3)C4)CC2)no1. The van der Waals surface area contributed by atoms with Crippen molar-refractivity contribution in [1.82, 2.24) is 29.8 Å². The standard InChI is InChI=1S/C24H29ClN6O/c1-15-26-23(29-32-15)16-6-8-17(9-7-16)24-28-27-22-14-30(20-4-2-3-5-20)13-18-12-19(25)10-11-21(18)31(22)24/h10-12,16-17,20H,2-9,13-14H2,1H3/t16-,17-. The van der Waals surface area contributed by atoms with Crippen LogP contribution in [0.1, 0.15) is 92.1 Å². The van der Waals surface area contributed by atoms with Crippen LogP contribution < -0.4 is 0 Å². The summed E-state index contributed by atoms with van der Waals surface area (Å²) in [5, 5.41) is 14.4. The maximum atomic E-state index is 6.42. The van der Waals surface area contributed by atoms with E-state index in [1.54, 1.807) is 0 Å². The molecule has 32 heavy (non-hydrogen) atoms. The van der Waals surface area contributed by atoms with Crippen molar-refractivity contribution in [3.63, 3.8) is 0 Å². The normalized spacial score (nSPS) is 24.3. The van der Waals surface area contributed by atoms with Crippen LogP contribution in [0.3, 0.4) is 0 Å². The molecule has 0 N–H and O–H groups in total. The maximum absolute atomic E-state index is 6.42. The molecule has 0 atom stereocenters. The average Bonchev–Trinajstić information content (AvgIpc) is 3.54. The molecule has 6 rings (SSSR count). The minimum absolute atomic E-state index is 0.374. The maximum Gasteiger partial charge on any atom is 0.223 e. The van der Waals surface area contributed by atoms with Gasteiger partial charge in [0.15, 0.2) is 11.6 Å². The van der Waals surface area contributed by atoms with Crippen molar-refractivity contribution in [2.24, 2.45) is 0 Å². The molecule has 1 aliphatic heterocycles. The number of hydrogen-bond acceptors (Lipinski definition) is 6. The van der Waals surface area contributed by atoms with Gasteiger partial charge in [0.05, 0.1) is 12.2 Å². The van der Waals surface area contributed by atoms with Crippen molar-refractivity contribution in [2.75, 3.05) is 0 Å². The highest BCUT2D eigenvalue weighted by Crippen LogP contribution is 2.41. The molecule has 0 saturated heterocycles. The molecule has 0 bridgehead atoms. The molecule has 2 aliphatic carbocycles. The molecule has 168 valence electrons. The Labute approximate surface area is 193 Å². The topological polar surface area (TPSA) is 72.9 Å². The lowest BCUT2D eigenvalue weighted by molar-refractivity contribution is 0.178. The van der Waals surface area contributed by atoms with Crippen molar-refractivity contribution in [3.8, 4) is 5.69 Å². The molecule has 7 nitrogen and oxygen atoms in total. The number of rotatable bonds is 3. The minimum atomic E-state index is 0.374. The Kier molecular flexibility index (Phi) is 5.26. The Balaban J connectivity index is 1.31. The van der Waals surface area contributed by atoms with Crippen LogP contribution in [0.15, 0.2) is 22.7 Å². The Morgan fingerprint density at radius 1 is 0.969 bits per heavy atom. The summed E-state index contributed by atoms with van der Waals surface area (Å²) in [6.45, 7) is 3.63. The molecule has 0 radical (unpaired) electrons. The molecule has 2 saturated carbocycles. The van der Waals surface area contributed by atoms with Gasteiger partial charge in [-0.2, -0.15) is 4.98 Å². The number of hydrogen-bond donors (Lipinski definition) is 0.